The number of piperidine rings is 1. The van der Waals surface area contributed by atoms with Crippen LogP contribution in [0, 0.1) is 5.41 Å². The van der Waals surface area contributed by atoms with Gasteiger partial charge in [-0.2, -0.15) is 0 Å². The Bertz CT molecular complexity index is 676. The maximum Gasteiger partial charge on any atom is 0.225 e. The van der Waals surface area contributed by atoms with Crippen LogP contribution in [0.4, 0.5) is 5.82 Å². The Balaban J connectivity index is 1.76. The maximum absolute atomic E-state index is 12.2. The standard InChI is InChI=1S/C16H22N4OS/c1-16(2,3)15(21)19-11-5-4-7-20(9-11)13-12-6-8-22-14(12)18-10-17-13/h6,8,10-11H,4-5,7,9H2,1-3H3,(H,19,21). The van der Waals surface area contributed by atoms with Crippen molar-refractivity contribution in [3.63, 3.8) is 0 Å². The lowest BCUT2D eigenvalue weighted by Gasteiger charge is -2.35. The van der Waals surface area contributed by atoms with E-state index in [9.17, 15) is 4.79 Å². The number of anilines is 1. The summed E-state index contributed by atoms with van der Waals surface area (Å²) in [6.07, 6.45) is 3.71. The van der Waals surface area contributed by atoms with E-state index < -0.39 is 0 Å². The van der Waals surface area contributed by atoms with E-state index in [-0.39, 0.29) is 17.4 Å². The molecule has 2 aromatic heterocycles. The lowest BCUT2D eigenvalue weighted by molar-refractivity contribution is -0.129. The van der Waals surface area contributed by atoms with Gasteiger partial charge in [0.1, 0.15) is 17.0 Å². The van der Waals surface area contributed by atoms with Crippen LogP contribution in [-0.4, -0.2) is 35.0 Å². The van der Waals surface area contributed by atoms with E-state index in [1.807, 2.05) is 26.2 Å². The van der Waals surface area contributed by atoms with Crippen LogP contribution in [0.2, 0.25) is 0 Å². The molecule has 2 aromatic rings. The number of carbonyl (C=O) groups is 1. The van der Waals surface area contributed by atoms with Gasteiger partial charge in [-0.05, 0) is 24.3 Å². The van der Waals surface area contributed by atoms with E-state index in [0.717, 1.165) is 42.0 Å². The largest absolute Gasteiger partial charge is 0.354 e. The molecule has 22 heavy (non-hydrogen) atoms. The highest BCUT2D eigenvalue weighted by Gasteiger charge is 2.28. The van der Waals surface area contributed by atoms with Crippen LogP contribution in [0.3, 0.4) is 0 Å². The Kier molecular flexibility index (Phi) is 4.04. The SMILES string of the molecule is CC(C)(C)C(=O)NC1CCCN(c2ncnc3sccc23)C1. The van der Waals surface area contributed by atoms with Gasteiger partial charge in [0.2, 0.25) is 5.91 Å². The monoisotopic (exact) mass is 318 g/mol. The van der Waals surface area contributed by atoms with Gasteiger partial charge in [-0.1, -0.05) is 20.8 Å². The van der Waals surface area contributed by atoms with Gasteiger partial charge in [-0.15, -0.1) is 11.3 Å². The van der Waals surface area contributed by atoms with E-state index in [0.29, 0.717) is 0 Å². The second kappa shape index (κ2) is 5.83. The van der Waals surface area contributed by atoms with Crippen LogP contribution in [0.1, 0.15) is 33.6 Å². The molecule has 1 unspecified atom stereocenters. The summed E-state index contributed by atoms with van der Waals surface area (Å²) >= 11 is 1.63. The number of hydrogen-bond acceptors (Lipinski definition) is 5. The number of hydrogen-bond donors (Lipinski definition) is 1. The third kappa shape index (κ3) is 3.06. The van der Waals surface area contributed by atoms with Crippen LogP contribution in [0.25, 0.3) is 10.2 Å². The first-order valence-electron chi connectivity index (χ1n) is 7.69. The van der Waals surface area contributed by atoms with Crippen LogP contribution in [-0.2, 0) is 4.79 Å². The first-order chi connectivity index (χ1) is 10.4. The van der Waals surface area contributed by atoms with Crippen molar-refractivity contribution in [2.75, 3.05) is 18.0 Å². The molecule has 5 nitrogen and oxygen atoms in total. The van der Waals surface area contributed by atoms with Crippen molar-refractivity contribution in [1.82, 2.24) is 15.3 Å². The lowest BCUT2D eigenvalue weighted by atomic mass is 9.94. The van der Waals surface area contributed by atoms with E-state index in [1.54, 1.807) is 17.7 Å². The van der Waals surface area contributed by atoms with Crippen LogP contribution in [0.15, 0.2) is 17.8 Å². The Morgan fingerprint density at radius 1 is 1.41 bits per heavy atom. The quantitative estimate of drug-likeness (QED) is 0.925. The van der Waals surface area contributed by atoms with Gasteiger partial charge in [0, 0.05) is 24.5 Å². The van der Waals surface area contributed by atoms with Gasteiger partial charge in [0.15, 0.2) is 0 Å². The van der Waals surface area contributed by atoms with Crippen LogP contribution in [0.5, 0.6) is 0 Å². The molecule has 118 valence electrons. The van der Waals surface area contributed by atoms with Gasteiger partial charge in [0.25, 0.3) is 0 Å². The molecule has 0 bridgehead atoms. The lowest BCUT2D eigenvalue weighted by Crippen LogP contribution is -2.50. The summed E-state index contributed by atoms with van der Waals surface area (Å²) in [6, 6.07) is 2.26. The highest BCUT2D eigenvalue weighted by Crippen LogP contribution is 2.28. The zero-order valence-corrected chi connectivity index (χ0v) is 14.1. The topological polar surface area (TPSA) is 58.1 Å². The molecule has 3 heterocycles. The molecule has 0 aliphatic carbocycles. The zero-order valence-electron chi connectivity index (χ0n) is 13.3. The highest BCUT2D eigenvalue weighted by molar-refractivity contribution is 7.16. The van der Waals surface area contributed by atoms with Crippen molar-refractivity contribution >= 4 is 33.3 Å². The average molecular weight is 318 g/mol. The molecular weight excluding hydrogens is 296 g/mol. The van der Waals surface area contributed by atoms with Gasteiger partial charge < -0.3 is 10.2 Å². The number of aromatic nitrogens is 2. The number of nitrogens with zero attached hydrogens (tertiary/aromatic N) is 3. The molecule has 1 amide bonds. The number of nitrogens with one attached hydrogen (secondary N) is 1. The van der Waals surface area contributed by atoms with Crippen molar-refractivity contribution in [1.29, 1.82) is 0 Å². The predicted molar refractivity (Wildman–Crippen MR) is 90.2 cm³/mol. The minimum absolute atomic E-state index is 0.114. The summed E-state index contributed by atoms with van der Waals surface area (Å²) in [5.41, 5.74) is -0.349. The fraction of sp³-hybridized carbons (Fsp3) is 0.562. The van der Waals surface area contributed by atoms with Gasteiger partial charge in [-0.25, -0.2) is 9.97 Å². The van der Waals surface area contributed by atoms with Gasteiger partial charge in [-0.3, -0.25) is 4.79 Å². The van der Waals surface area contributed by atoms with Crippen molar-refractivity contribution in [3.05, 3.63) is 17.8 Å². The number of thiophene rings is 1. The minimum Gasteiger partial charge on any atom is -0.354 e. The second-order valence-corrected chi connectivity index (χ2v) is 7.74. The summed E-state index contributed by atoms with van der Waals surface area (Å²) in [4.78, 5) is 24.3. The Morgan fingerprint density at radius 3 is 3.00 bits per heavy atom. The average Bonchev–Trinajstić information content (AvgIpc) is 2.94. The summed E-state index contributed by atoms with van der Waals surface area (Å²) in [6.45, 7) is 7.63. The molecule has 1 fully saturated rings. The third-order valence-electron chi connectivity index (χ3n) is 3.98. The molecule has 1 saturated heterocycles. The van der Waals surface area contributed by atoms with E-state index in [4.69, 9.17) is 0 Å². The van der Waals surface area contributed by atoms with Crippen molar-refractivity contribution in [2.24, 2.45) is 5.41 Å². The molecular formula is C16H22N4OS. The molecule has 1 atom stereocenters. The van der Waals surface area contributed by atoms with E-state index in [1.165, 1.54) is 0 Å². The van der Waals surface area contributed by atoms with E-state index >= 15 is 0 Å². The first-order valence-corrected chi connectivity index (χ1v) is 8.57. The molecule has 0 saturated carbocycles. The van der Waals surface area contributed by atoms with Gasteiger partial charge in [0.05, 0.1) is 5.39 Å². The molecule has 1 N–H and O–H groups in total. The van der Waals surface area contributed by atoms with E-state index in [2.05, 4.69) is 26.3 Å². The van der Waals surface area contributed by atoms with Crippen LogP contribution >= 0.6 is 11.3 Å². The molecule has 0 aromatic carbocycles. The summed E-state index contributed by atoms with van der Waals surface area (Å²) < 4.78 is 0. The maximum atomic E-state index is 12.2. The molecule has 1 aliphatic rings. The number of carbonyl (C=O) groups excluding carboxylic acids is 1. The summed E-state index contributed by atoms with van der Waals surface area (Å²) in [5, 5.41) is 6.33. The van der Waals surface area contributed by atoms with Crippen molar-refractivity contribution in [2.45, 2.75) is 39.7 Å². The first kappa shape index (κ1) is 15.2. The number of amides is 1. The third-order valence-corrected chi connectivity index (χ3v) is 4.80. The van der Waals surface area contributed by atoms with Gasteiger partial charge >= 0.3 is 0 Å². The van der Waals surface area contributed by atoms with Crippen molar-refractivity contribution < 1.29 is 4.79 Å². The molecule has 0 spiro atoms. The fourth-order valence-corrected chi connectivity index (χ4v) is 3.45. The smallest absolute Gasteiger partial charge is 0.225 e. The molecule has 6 heteroatoms. The molecule has 3 rings (SSSR count). The second-order valence-electron chi connectivity index (χ2n) is 6.85. The number of rotatable bonds is 2. The molecule has 1 aliphatic heterocycles. The zero-order chi connectivity index (χ0) is 15.7. The van der Waals surface area contributed by atoms with Crippen molar-refractivity contribution in [3.8, 4) is 0 Å². The normalized spacial score (nSPS) is 19.4. The summed E-state index contributed by atoms with van der Waals surface area (Å²) in [5.74, 6) is 1.10. The predicted octanol–water partition coefficient (Wildman–Crippen LogP) is 2.82. The van der Waals surface area contributed by atoms with Crippen LogP contribution < -0.4 is 10.2 Å². The summed E-state index contributed by atoms with van der Waals surface area (Å²) in [7, 11) is 0. The highest BCUT2D eigenvalue weighted by atomic mass is 32.1. The Morgan fingerprint density at radius 2 is 2.23 bits per heavy atom. The Labute approximate surface area is 134 Å². The fourth-order valence-electron chi connectivity index (χ4n) is 2.72. The molecule has 0 radical (unpaired) electrons. The number of fused-ring (bicyclic) bond motifs is 1. The minimum atomic E-state index is -0.349. The Hall–Kier alpha value is -1.69.